The van der Waals surface area contributed by atoms with Crippen molar-refractivity contribution in [3.63, 3.8) is 0 Å². The zero-order chi connectivity index (χ0) is 19.9. The number of benzene rings is 1. The van der Waals surface area contributed by atoms with Crippen molar-refractivity contribution in [3.8, 4) is 0 Å². The van der Waals surface area contributed by atoms with E-state index in [1.165, 1.54) is 18.2 Å². The summed E-state index contributed by atoms with van der Waals surface area (Å²) < 4.78 is 27.7. The van der Waals surface area contributed by atoms with Gasteiger partial charge in [-0.1, -0.05) is 47.5 Å². The number of carboxylic acid groups (broad SMARTS) is 1. The monoisotopic (exact) mass is 431 g/mol. The van der Waals surface area contributed by atoms with Crippen LogP contribution in [-0.2, 0) is 14.8 Å². The number of sulfonamides is 1. The molecule has 0 amide bonds. The highest BCUT2D eigenvalue weighted by Gasteiger charge is 2.24. The first-order valence-corrected chi connectivity index (χ1v) is 11.0. The van der Waals surface area contributed by atoms with Crippen molar-refractivity contribution in [1.82, 2.24) is 4.72 Å². The maximum atomic E-state index is 12.5. The van der Waals surface area contributed by atoms with Gasteiger partial charge in [-0.2, -0.15) is 0 Å². The molecule has 27 heavy (non-hydrogen) atoms. The van der Waals surface area contributed by atoms with Crippen molar-refractivity contribution in [2.45, 2.75) is 37.0 Å². The Labute approximate surface area is 170 Å². The molecule has 8 heteroatoms. The van der Waals surface area contributed by atoms with Crippen molar-refractivity contribution in [3.05, 3.63) is 52.5 Å². The molecule has 1 aliphatic carbocycles. The van der Waals surface area contributed by atoms with Gasteiger partial charge in [0.15, 0.2) is 0 Å². The summed E-state index contributed by atoms with van der Waals surface area (Å²) >= 11 is 11.8. The van der Waals surface area contributed by atoms with E-state index in [-0.39, 0.29) is 28.2 Å². The van der Waals surface area contributed by atoms with Gasteiger partial charge < -0.3 is 5.11 Å². The molecule has 2 N–H and O–H groups in total. The van der Waals surface area contributed by atoms with E-state index in [9.17, 15) is 13.2 Å². The van der Waals surface area contributed by atoms with Crippen molar-refractivity contribution in [1.29, 1.82) is 0 Å². The predicted octanol–water partition coefficient (Wildman–Crippen LogP) is 4.67. The van der Waals surface area contributed by atoms with Crippen LogP contribution < -0.4 is 4.72 Å². The lowest BCUT2D eigenvalue weighted by atomic mass is 9.83. The van der Waals surface area contributed by atoms with E-state index in [2.05, 4.69) is 23.0 Å². The Hall–Kier alpha value is -1.34. The molecular weight excluding hydrogens is 409 g/mol. The van der Waals surface area contributed by atoms with Crippen molar-refractivity contribution < 1.29 is 18.3 Å². The third-order valence-corrected chi connectivity index (χ3v) is 6.62. The molecule has 5 nitrogen and oxygen atoms in total. The van der Waals surface area contributed by atoms with Gasteiger partial charge in [0.2, 0.25) is 10.0 Å². The van der Waals surface area contributed by atoms with E-state index in [0.717, 1.165) is 12.8 Å². The summed E-state index contributed by atoms with van der Waals surface area (Å²) in [6.07, 6.45) is 11.3. The number of unbranched alkanes of at least 4 members (excludes halogenated alkanes) is 1. The maximum Gasteiger partial charge on any atom is 0.303 e. The molecule has 0 aliphatic heterocycles. The van der Waals surface area contributed by atoms with Crippen LogP contribution in [0.1, 0.15) is 32.1 Å². The lowest BCUT2D eigenvalue weighted by Crippen LogP contribution is -2.33. The van der Waals surface area contributed by atoms with Gasteiger partial charge in [-0.15, -0.1) is 0 Å². The molecule has 0 spiro atoms. The van der Waals surface area contributed by atoms with Gasteiger partial charge in [0.1, 0.15) is 4.90 Å². The summed E-state index contributed by atoms with van der Waals surface area (Å²) in [4.78, 5) is 10.6. The van der Waals surface area contributed by atoms with Crippen molar-refractivity contribution >= 4 is 39.2 Å². The Balaban J connectivity index is 1.96. The number of aliphatic carboxylic acids is 1. The molecule has 0 aromatic heterocycles. The molecule has 0 bridgehead atoms. The molecule has 1 aliphatic rings. The number of rotatable bonds is 9. The minimum absolute atomic E-state index is 0.0145. The summed E-state index contributed by atoms with van der Waals surface area (Å²) in [6.45, 7) is 0.301. The molecule has 148 valence electrons. The highest BCUT2D eigenvalue weighted by Crippen LogP contribution is 2.28. The molecule has 2 atom stereocenters. The fourth-order valence-corrected chi connectivity index (χ4v) is 4.86. The van der Waals surface area contributed by atoms with E-state index in [4.69, 9.17) is 28.3 Å². The van der Waals surface area contributed by atoms with E-state index in [0.29, 0.717) is 24.4 Å². The number of nitrogens with one attached hydrogen (secondary N) is 1. The SMILES string of the molecule is O=C(O)CCC/C=C\C1CC=CCC1CNS(=O)(=O)c1ccc(Cl)cc1Cl. The second-order valence-corrected chi connectivity index (χ2v) is 9.09. The number of allylic oxidation sites excluding steroid dienone is 4. The van der Waals surface area contributed by atoms with Crippen LogP contribution in [0.25, 0.3) is 0 Å². The smallest absolute Gasteiger partial charge is 0.303 e. The third kappa shape index (κ3) is 6.96. The third-order valence-electron chi connectivity index (χ3n) is 4.48. The maximum absolute atomic E-state index is 12.5. The first-order valence-electron chi connectivity index (χ1n) is 8.78. The zero-order valence-corrected chi connectivity index (χ0v) is 17.1. The van der Waals surface area contributed by atoms with Crippen LogP contribution in [0, 0.1) is 11.8 Å². The Morgan fingerprint density at radius 2 is 2.00 bits per heavy atom. The van der Waals surface area contributed by atoms with E-state index < -0.39 is 16.0 Å². The van der Waals surface area contributed by atoms with Crippen LogP contribution in [0.3, 0.4) is 0 Å². The highest BCUT2D eigenvalue weighted by molar-refractivity contribution is 7.89. The van der Waals surface area contributed by atoms with E-state index in [1.54, 1.807) is 0 Å². The predicted molar refractivity (Wildman–Crippen MR) is 108 cm³/mol. The van der Waals surface area contributed by atoms with Crippen LogP contribution in [0.4, 0.5) is 0 Å². The molecule has 1 aromatic carbocycles. The van der Waals surface area contributed by atoms with Gasteiger partial charge in [0, 0.05) is 18.0 Å². The molecule has 2 unspecified atom stereocenters. The summed E-state index contributed by atoms with van der Waals surface area (Å²) in [5.74, 6) is -0.452. The van der Waals surface area contributed by atoms with Crippen LogP contribution in [0.5, 0.6) is 0 Å². The standard InChI is InChI=1S/C19H23Cl2NO4S/c20-16-10-11-18(17(21)12-16)27(25,26)22-13-15-8-5-4-7-14(15)6-2-1-3-9-19(23)24/h2,4-6,10-12,14-15,22H,1,3,7-9,13H2,(H,23,24)/b6-2-. The van der Waals surface area contributed by atoms with Crippen molar-refractivity contribution in [2.75, 3.05) is 6.54 Å². The number of carboxylic acids is 1. The average Bonchev–Trinajstić information content (AvgIpc) is 2.60. The Bertz CT molecular complexity index is 821. The molecular formula is C19H23Cl2NO4S. The Morgan fingerprint density at radius 3 is 2.70 bits per heavy atom. The molecule has 0 saturated carbocycles. The Morgan fingerprint density at radius 1 is 1.26 bits per heavy atom. The summed E-state index contributed by atoms with van der Waals surface area (Å²) in [5, 5.41) is 9.13. The summed E-state index contributed by atoms with van der Waals surface area (Å²) in [6, 6.07) is 4.30. The second-order valence-electron chi connectivity index (χ2n) is 6.51. The number of hydrogen-bond acceptors (Lipinski definition) is 3. The van der Waals surface area contributed by atoms with E-state index >= 15 is 0 Å². The summed E-state index contributed by atoms with van der Waals surface area (Å²) in [5.41, 5.74) is 0. The molecule has 0 saturated heterocycles. The van der Waals surface area contributed by atoms with Crippen LogP contribution in [-0.4, -0.2) is 26.0 Å². The van der Waals surface area contributed by atoms with Crippen molar-refractivity contribution in [2.24, 2.45) is 11.8 Å². The fourth-order valence-electron chi connectivity index (χ4n) is 2.99. The second kappa shape index (κ2) is 10.3. The van der Waals surface area contributed by atoms with Gasteiger partial charge in [-0.25, -0.2) is 13.1 Å². The lowest BCUT2D eigenvalue weighted by molar-refractivity contribution is -0.137. The van der Waals surface area contributed by atoms with Gasteiger partial charge in [0.25, 0.3) is 0 Å². The highest BCUT2D eigenvalue weighted by atomic mass is 35.5. The largest absolute Gasteiger partial charge is 0.481 e. The Kier molecular flexibility index (Phi) is 8.35. The zero-order valence-electron chi connectivity index (χ0n) is 14.8. The minimum Gasteiger partial charge on any atom is -0.481 e. The normalized spacial score (nSPS) is 20.2. The molecule has 0 radical (unpaired) electrons. The fraction of sp³-hybridized carbons (Fsp3) is 0.421. The number of hydrogen-bond donors (Lipinski definition) is 2. The van der Waals surface area contributed by atoms with Gasteiger partial charge in [-0.3, -0.25) is 4.79 Å². The molecule has 0 heterocycles. The quantitative estimate of drug-likeness (QED) is 0.439. The van der Waals surface area contributed by atoms with Crippen LogP contribution >= 0.6 is 23.2 Å². The summed E-state index contributed by atoms with van der Waals surface area (Å²) in [7, 11) is -3.72. The molecule has 0 fully saturated rings. The minimum atomic E-state index is -3.72. The topological polar surface area (TPSA) is 83.5 Å². The van der Waals surface area contributed by atoms with Crippen LogP contribution in [0.15, 0.2) is 47.4 Å². The lowest BCUT2D eigenvalue weighted by Gasteiger charge is -2.26. The number of halogens is 2. The number of carbonyl (C=O) groups is 1. The average molecular weight is 432 g/mol. The molecule has 1 aromatic rings. The van der Waals surface area contributed by atoms with Gasteiger partial charge in [0.05, 0.1) is 5.02 Å². The van der Waals surface area contributed by atoms with Gasteiger partial charge in [-0.05, 0) is 55.7 Å². The first kappa shape index (κ1) is 22.0. The van der Waals surface area contributed by atoms with Crippen LogP contribution in [0.2, 0.25) is 10.0 Å². The van der Waals surface area contributed by atoms with E-state index in [1.807, 2.05) is 6.08 Å². The molecule has 2 rings (SSSR count). The van der Waals surface area contributed by atoms with Gasteiger partial charge >= 0.3 is 5.97 Å². The first-order chi connectivity index (χ1) is 12.8.